The second-order valence-electron chi connectivity index (χ2n) is 3.39. The highest BCUT2D eigenvalue weighted by Crippen LogP contribution is 2.32. The van der Waals surface area contributed by atoms with Gasteiger partial charge in [0.2, 0.25) is 0 Å². The first-order chi connectivity index (χ1) is 6.81. The minimum Gasteiger partial charge on any atom is -0.493 e. The summed E-state index contributed by atoms with van der Waals surface area (Å²) in [5.41, 5.74) is 3.97. The van der Waals surface area contributed by atoms with E-state index in [1.807, 2.05) is 12.1 Å². The number of ether oxygens (including phenoxy) is 1. The van der Waals surface area contributed by atoms with Gasteiger partial charge in [0.05, 0.1) is 6.61 Å². The molecule has 0 saturated carbocycles. The molecule has 1 unspecified atom stereocenters. The Morgan fingerprint density at radius 3 is 3.14 bits per heavy atom. The Labute approximate surface area is 91.7 Å². The van der Waals surface area contributed by atoms with E-state index in [1.165, 1.54) is 0 Å². The van der Waals surface area contributed by atoms with Crippen LogP contribution < -0.4 is 16.0 Å². The number of fused-ring (bicyclic) bond motifs is 1. The van der Waals surface area contributed by atoms with Crippen LogP contribution in [0.3, 0.4) is 0 Å². The fourth-order valence-electron chi connectivity index (χ4n) is 1.72. The van der Waals surface area contributed by atoms with Crippen LogP contribution in [0.2, 0.25) is 0 Å². The molecule has 0 amide bonds. The largest absolute Gasteiger partial charge is 0.493 e. The van der Waals surface area contributed by atoms with Crippen LogP contribution in [0.15, 0.2) is 22.7 Å². The van der Waals surface area contributed by atoms with Gasteiger partial charge in [-0.25, -0.2) is 0 Å². The number of nitrogens with two attached hydrogens (primary N) is 1. The van der Waals surface area contributed by atoms with E-state index in [1.54, 1.807) is 0 Å². The molecule has 0 bridgehead atoms. The predicted octanol–water partition coefficient (Wildman–Crippen LogP) is 2.13. The highest BCUT2D eigenvalue weighted by molar-refractivity contribution is 9.10. The molecule has 2 rings (SSSR count). The van der Waals surface area contributed by atoms with Crippen molar-refractivity contribution < 1.29 is 4.74 Å². The summed E-state index contributed by atoms with van der Waals surface area (Å²) < 4.78 is 6.67. The molecule has 1 aliphatic heterocycles. The van der Waals surface area contributed by atoms with Crippen molar-refractivity contribution in [2.75, 3.05) is 6.61 Å². The molecular formula is C10H13BrN2O. The predicted molar refractivity (Wildman–Crippen MR) is 58.9 cm³/mol. The Balaban J connectivity index is 2.39. The lowest BCUT2D eigenvalue weighted by Gasteiger charge is -2.15. The van der Waals surface area contributed by atoms with Crippen molar-refractivity contribution in [1.29, 1.82) is 0 Å². The van der Waals surface area contributed by atoms with E-state index in [4.69, 9.17) is 10.6 Å². The zero-order valence-electron chi connectivity index (χ0n) is 7.79. The van der Waals surface area contributed by atoms with Gasteiger partial charge in [0.25, 0.3) is 0 Å². The van der Waals surface area contributed by atoms with E-state index in [9.17, 15) is 0 Å². The summed E-state index contributed by atoms with van der Waals surface area (Å²) in [7, 11) is 0. The van der Waals surface area contributed by atoms with E-state index in [-0.39, 0.29) is 6.04 Å². The summed E-state index contributed by atoms with van der Waals surface area (Å²) in [6, 6.07) is 6.26. The smallest absolute Gasteiger partial charge is 0.125 e. The van der Waals surface area contributed by atoms with E-state index in [0.29, 0.717) is 0 Å². The van der Waals surface area contributed by atoms with E-state index in [0.717, 1.165) is 35.2 Å². The number of rotatable bonds is 1. The number of halogens is 1. The monoisotopic (exact) mass is 256 g/mol. The maximum atomic E-state index is 5.64. The summed E-state index contributed by atoms with van der Waals surface area (Å²) in [6.45, 7) is 0.766. The molecule has 1 heterocycles. The van der Waals surface area contributed by atoms with Gasteiger partial charge < -0.3 is 4.74 Å². The zero-order chi connectivity index (χ0) is 9.97. The molecule has 1 aliphatic rings. The van der Waals surface area contributed by atoms with Gasteiger partial charge in [-0.2, -0.15) is 0 Å². The lowest BCUT2D eigenvalue weighted by molar-refractivity contribution is 0.315. The Kier molecular flexibility index (Phi) is 3.05. The molecule has 0 saturated heterocycles. The number of hydrazine groups is 1. The minimum absolute atomic E-state index is 0.209. The Morgan fingerprint density at radius 2 is 2.36 bits per heavy atom. The molecule has 1 atom stereocenters. The van der Waals surface area contributed by atoms with Crippen molar-refractivity contribution in [1.82, 2.24) is 5.43 Å². The first-order valence-corrected chi connectivity index (χ1v) is 5.49. The molecule has 0 fully saturated rings. The molecule has 0 radical (unpaired) electrons. The summed E-state index contributed by atoms with van der Waals surface area (Å²) in [5, 5.41) is 0. The maximum Gasteiger partial charge on any atom is 0.125 e. The van der Waals surface area contributed by atoms with Crippen LogP contribution in [0.5, 0.6) is 5.75 Å². The minimum atomic E-state index is 0.209. The molecular weight excluding hydrogens is 244 g/mol. The van der Waals surface area contributed by atoms with Gasteiger partial charge in [0.1, 0.15) is 5.75 Å². The van der Waals surface area contributed by atoms with Crippen molar-refractivity contribution in [2.24, 2.45) is 5.84 Å². The third-order valence-electron chi connectivity index (χ3n) is 2.45. The molecule has 14 heavy (non-hydrogen) atoms. The molecule has 1 aromatic rings. The number of hydrogen-bond acceptors (Lipinski definition) is 3. The molecule has 76 valence electrons. The van der Waals surface area contributed by atoms with Gasteiger partial charge in [-0.15, -0.1) is 0 Å². The van der Waals surface area contributed by atoms with Gasteiger partial charge in [-0.3, -0.25) is 11.3 Å². The van der Waals surface area contributed by atoms with Crippen LogP contribution >= 0.6 is 15.9 Å². The highest BCUT2D eigenvalue weighted by Gasteiger charge is 2.18. The Hall–Kier alpha value is -0.580. The third kappa shape index (κ3) is 1.92. The number of hydrogen-bond donors (Lipinski definition) is 2. The van der Waals surface area contributed by atoms with Crippen LogP contribution in [0, 0.1) is 0 Å². The number of nitrogens with one attached hydrogen (secondary N) is 1. The fraction of sp³-hybridized carbons (Fsp3) is 0.400. The second kappa shape index (κ2) is 4.29. The van der Waals surface area contributed by atoms with Crippen molar-refractivity contribution in [2.45, 2.75) is 18.9 Å². The van der Waals surface area contributed by atoms with Crippen molar-refractivity contribution in [3.8, 4) is 5.75 Å². The molecule has 1 aromatic carbocycles. The topological polar surface area (TPSA) is 47.3 Å². The van der Waals surface area contributed by atoms with E-state index >= 15 is 0 Å². The summed E-state index contributed by atoms with van der Waals surface area (Å²) in [5.74, 6) is 6.44. The van der Waals surface area contributed by atoms with Crippen molar-refractivity contribution >= 4 is 15.9 Å². The SMILES string of the molecule is NNC1CCCOc2cc(Br)ccc21. The van der Waals surface area contributed by atoms with Gasteiger partial charge in [-0.05, 0) is 25.0 Å². The molecule has 3 nitrogen and oxygen atoms in total. The van der Waals surface area contributed by atoms with Crippen molar-refractivity contribution in [3.63, 3.8) is 0 Å². The lowest BCUT2D eigenvalue weighted by Crippen LogP contribution is -2.27. The van der Waals surface area contributed by atoms with E-state index < -0.39 is 0 Å². The van der Waals surface area contributed by atoms with Crippen LogP contribution in [-0.4, -0.2) is 6.61 Å². The van der Waals surface area contributed by atoms with Gasteiger partial charge in [0.15, 0.2) is 0 Å². The van der Waals surface area contributed by atoms with Crippen molar-refractivity contribution in [3.05, 3.63) is 28.2 Å². The maximum absolute atomic E-state index is 5.64. The lowest BCUT2D eigenvalue weighted by atomic mass is 10.0. The molecule has 3 N–H and O–H groups in total. The molecule has 0 spiro atoms. The summed E-state index contributed by atoms with van der Waals surface area (Å²) >= 11 is 3.43. The quantitative estimate of drug-likeness (QED) is 0.598. The van der Waals surface area contributed by atoms with E-state index in [2.05, 4.69) is 27.4 Å². The summed E-state index contributed by atoms with van der Waals surface area (Å²) in [4.78, 5) is 0. The number of benzene rings is 1. The average molecular weight is 257 g/mol. The Bertz CT molecular complexity index is 330. The zero-order valence-corrected chi connectivity index (χ0v) is 9.38. The van der Waals surface area contributed by atoms with Gasteiger partial charge in [-0.1, -0.05) is 22.0 Å². The van der Waals surface area contributed by atoms with Gasteiger partial charge >= 0.3 is 0 Å². The Morgan fingerprint density at radius 1 is 1.50 bits per heavy atom. The third-order valence-corrected chi connectivity index (χ3v) is 2.94. The fourth-order valence-corrected chi connectivity index (χ4v) is 2.06. The summed E-state index contributed by atoms with van der Waals surface area (Å²) in [6.07, 6.45) is 2.05. The van der Waals surface area contributed by atoms with Crippen LogP contribution in [0.25, 0.3) is 0 Å². The van der Waals surface area contributed by atoms with Gasteiger partial charge in [0, 0.05) is 16.1 Å². The molecule has 0 aliphatic carbocycles. The van der Waals surface area contributed by atoms with Crippen LogP contribution in [0.1, 0.15) is 24.4 Å². The molecule has 4 heteroatoms. The normalized spacial score (nSPS) is 20.9. The second-order valence-corrected chi connectivity index (χ2v) is 4.31. The molecule has 0 aromatic heterocycles. The average Bonchev–Trinajstić information content (AvgIpc) is 2.38. The van der Waals surface area contributed by atoms with Crippen LogP contribution in [0.4, 0.5) is 0 Å². The highest BCUT2D eigenvalue weighted by atomic mass is 79.9. The standard InChI is InChI=1S/C10H13BrN2O/c11-7-3-4-8-9(13-12)2-1-5-14-10(8)6-7/h3-4,6,9,13H,1-2,5,12H2. The first kappa shape index (κ1) is 9.96. The van der Waals surface area contributed by atoms with Crippen LogP contribution in [-0.2, 0) is 0 Å². The first-order valence-electron chi connectivity index (χ1n) is 4.69.